The fourth-order valence-corrected chi connectivity index (χ4v) is 4.88. The lowest BCUT2D eigenvalue weighted by atomic mass is 9.93. The molecule has 0 unspecified atom stereocenters. The van der Waals surface area contributed by atoms with Crippen LogP contribution in [0.5, 0.6) is 5.75 Å². The molecule has 0 aromatic heterocycles. The van der Waals surface area contributed by atoms with Gasteiger partial charge in [-0.15, -0.1) is 0 Å². The summed E-state index contributed by atoms with van der Waals surface area (Å²) in [5, 5.41) is 0. The summed E-state index contributed by atoms with van der Waals surface area (Å²) in [5.74, 6) is -2.68. The molecule has 3 rings (SSSR count). The second-order valence-corrected chi connectivity index (χ2v) is 17.5. The molecule has 0 spiro atoms. The Bertz CT molecular complexity index is 1650. The first-order valence-corrected chi connectivity index (χ1v) is 18.2. The number of hydrogen-bond donors (Lipinski definition) is 0. The van der Waals surface area contributed by atoms with E-state index in [-0.39, 0.29) is 24.7 Å². The van der Waals surface area contributed by atoms with E-state index in [4.69, 9.17) is 33.2 Å². The maximum Gasteiger partial charge on any atom is 0.311 e. The fraction of sp³-hybridized carbons (Fsp3) is 0.595. The first-order chi connectivity index (χ1) is 24.8. The van der Waals surface area contributed by atoms with E-state index in [0.717, 1.165) is 0 Å². The number of rotatable bonds is 11. The van der Waals surface area contributed by atoms with Gasteiger partial charge in [0.15, 0.2) is 12.2 Å². The fourth-order valence-electron chi connectivity index (χ4n) is 4.88. The van der Waals surface area contributed by atoms with Crippen molar-refractivity contribution in [2.75, 3.05) is 13.2 Å². The van der Waals surface area contributed by atoms with Gasteiger partial charge in [-0.25, -0.2) is 0 Å². The molecule has 1 saturated heterocycles. The third kappa shape index (κ3) is 12.0. The van der Waals surface area contributed by atoms with Crippen molar-refractivity contribution in [2.24, 2.45) is 21.7 Å². The van der Waals surface area contributed by atoms with Crippen molar-refractivity contribution in [3.05, 3.63) is 54.1 Å². The molecule has 1 aliphatic heterocycles. The lowest BCUT2D eigenvalue weighted by molar-refractivity contribution is -0.293. The van der Waals surface area contributed by atoms with Crippen molar-refractivity contribution in [3.8, 4) is 16.9 Å². The smallest absolute Gasteiger partial charge is 0.311 e. The predicted octanol–water partition coefficient (Wildman–Crippen LogP) is 6.83. The van der Waals surface area contributed by atoms with Crippen LogP contribution in [0.2, 0.25) is 0 Å². The average Bonchev–Trinajstić information content (AvgIpc) is 3.04. The van der Waals surface area contributed by atoms with E-state index in [1.54, 1.807) is 120 Å². The molecule has 0 bridgehead atoms. The van der Waals surface area contributed by atoms with Crippen molar-refractivity contribution < 1.29 is 57.1 Å². The van der Waals surface area contributed by atoms with Crippen LogP contribution in [-0.4, -0.2) is 73.8 Å². The predicted molar refractivity (Wildman–Crippen MR) is 199 cm³/mol. The van der Waals surface area contributed by atoms with Crippen LogP contribution in [0.15, 0.2) is 42.5 Å². The van der Waals surface area contributed by atoms with Crippen LogP contribution in [0, 0.1) is 27.7 Å². The maximum absolute atomic E-state index is 13.6. The highest BCUT2D eigenvalue weighted by atomic mass is 16.7. The minimum Gasteiger partial charge on any atom is -0.466 e. The Kier molecular flexibility index (Phi) is 14.1. The van der Waals surface area contributed by atoms with Crippen LogP contribution in [0.1, 0.15) is 95.6 Å². The maximum atomic E-state index is 13.6. The van der Waals surface area contributed by atoms with Gasteiger partial charge in [0.25, 0.3) is 0 Å². The Morgan fingerprint density at radius 3 is 1.76 bits per heavy atom. The van der Waals surface area contributed by atoms with Crippen molar-refractivity contribution >= 4 is 29.8 Å². The lowest BCUT2D eigenvalue weighted by Gasteiger charge is -2.45. The minimum absolute atomic E-state index is 0.0510. The van der Waals surface area contributed by atoms with Crippen molar-refractivity contribution in [2.45, 2.75) is 127 Å². The molecule has 0 amide bonds. The van der Waals surface area contributed by atoms with Gasteiger partial charge in [0.2, 0.25) is 12.4 Å². The molecule has 0 N–H and O–H groups in total. The van der Waals surface area contributed by atoms with Crippen molar-refractivity contribution in [1.29, 1.82) is 0 Å². The SMILES string of the molecule is CCOC(=O)Cc1cccc(-c2c[c]ccc2O[C@H]2O[C@H](COC(=O)C(C)(C)C)[C@@H](OC(=O)C(C)(C)C)[C@H](OC(=O)C(C)(C)C)[C@@H]2OC(=O)C(C)(C)C)c1. The number of ether oxygens (including phenoxy) is 7. The molecule has 1 radical (unpaired) electrons. The second kappa shape index (κ2) is 17.3. The summed E-state index contributed by atoms with van der Waals surface area (Å²) in [7, 11) is 0. The minimum atomic E-state index is -1.49. The molecule has 0 saturated carbocycles. The molecular weight excluding hydrogens is 696 g/mol. The molecule has 12 nitrogen and oxygen atoms in total. The van der Waals surface area contributed by atoms with E-state index >= 15 is 0 Å². The van der Waals surface area contributed by atoms with Crippen LogP contribution in [0.25, 0.3) is 11.1 Å². The van der Waals surface area contributed by atoms with E-state index in [9.17, 15) is 24.0 Å². The molecule has 12 heteroatoms. The summed E-state index contributed by atoms with van der Waals surface area (Å²) < 4.78 is 42.1. The first-order valence-electron chi connectivity index (χ1n) is 18.2. The van der Waals surface area contributed by atoms with E-state index in [2.05, 4.69) is 6.07 Å². The van der Waals surface area contributed by atoms with Gasteiger partial charge in [0, 0.05) is 5.56 Å². The summed E-state index contributed by atoms with van der Waals surface area (Å²) in [4.78, 5) is 66.0. The van der Waals surface area contributed by atoms with Gasteiger partial charge in [-0.05, 0) is 119 Å². The number of carbonyl (C=O) groups excluding carboxylic acids is 5. The number of hydrogen-bond acceptors (Lipinski definition) is 12. The molecule has 54 heavy (non-hydrogen) atoms. The first kappa shape index (κ1) is 44.0. The highest BCUT2D eigenvalue weighted by Gasteiger charge is 2.55. The highest BCUT2D eigenvalue weighted by molar-refractivity contribution is 5.78. The summed E-state index contributed by atoms with van der Waals surface area (Å²) >= 11 is 0. The average molecular weight is 754 g/mol. The van der Waals surface area contributed by atoms with Gasteiger partial charge < -0.3 is 33.2 Å². The van der Waals surface area contributed by atoms with E-state index in [1.165, 1.54) is 0 Å². The molecule has 297 valence electrons. The quantitative estimate of drug-likeness (QED) is 0.175. The van der Waals surface area contributed by atoms with E-state index in [1.807, 2.05) is 12.1 Å². The molecule has 1 aliphatic rings. The third-order valence-corrected chi connectivity index (χ3v) is 8.11. The standard InChI is InChI=1S/C42H57O12/c1-14-48-30(43)23-25-18-17-19-26(22-25)27-20-15-16-21-28(27)50-34-33(54-38(47)42(11,12)13)32(53-37(46)41(8,9)10)31(52-36(45)40(5,6)7)29(51-34)24-49-35(44)39(2,3)4/h16-22,29,31-34H,14,23-24H2,1-13H3/t29-,31-,32+,33+,34+/m1/s1. The summed E-state index contributed by atoms with van der Waals surface area (Å²) in [6, 6.07) is 15.2. The zero-order chi connectivity index (χ0) is 40.8. The Morgan fingerprint density at radius 1 is 0.685 bits per heavy atom. The van der Waals surface area contributed by atoms with Crippen molar-refractivity contribution in [1.82, 2.24) is 0 Å². The monoisotopic (exact) mass is 753 g/mol. The number of benzene rings is 2. The van der Waals surface area contributed by atoms with Crippen molar-refractivity contribution in [3.63, 3.8) is 0 Å². The van der Waals surface area contributed by atoms with Crippen LogP contribution in [0.3, 0.4) is 0 Å². The molecule has 2 aromatic rings. The van der Waals surface area contributed by atoms with Gasteiger partial charge in [-0.1, -0.05) is 30.3 Å². The Labute approximate surface area is 319 Å². The van der Waals surface area contributed by atoms with Gasteiger partial charge in [-0.3, -0.25) is 24.0 Å². The highest BCUT2D eigenvalue weighted by Crippen LogP contribution is 2.38. The van der Waals surface area contributed by atoms with Crippen LogP contribution in [-0.2, 0) is 58.8 Å². The summed E-state index contributed by atoms with van der Waals surface area (Å²) in [6.45, 7) is 21.5. The molecule has 1 fully saturated rings. The summed E-state index contributed by atoms with van der Waals surface area (Å²) in [5.41, 5.74) is -2.03. The molecule has 1 heterocycles. The molecule has 5 atom stereocenters. The molecular formula is C42H57O12. The zero-order valence-corrected chi connectivity index (χ0v) is 33.9. The van der Waals surface area contributed by atoms with Gasteiger partial charge >= 0.3 is 29.8 Å². The third-order valence-electron chi connectivity index (χ3n) is 8.11. The van der Waals surface area contributed by atoms with Gasteiger partial charge in [0.05, 0.1) is 34.7 Å². The van der Waals surface area contributed by atoms with Gasteiger partial charge in [-0.2, -0.15) is 0 Å². The Balaban J connectivity index is 2.22. The second-order valence-electron chi connectivity index (χ2n) is 17.5. The van der Waals surface area contributed by atoms with Gasteiger partial charge in [0.1, 0.15) is 18.5 Å². The van der Waals surface area contributed by atoms with E-state index in [0.29, 0.717) is 16.7 Å². The number of carbonyl (C=O) groups is 5. The van der Waals surface area contributed by atoms with Crippen LogP contribution >= 0.6 is 0 Å². The topological polar surface area (TPSA) is 150 Å². The Morgan fingerprint density at radius 2 is 1.22 bits per heavy atom. The number of esters is 5. The normalized spacial score (nSPS) is 20.6. The van der Waals surface area contributed by atoms with Crippen LogP contribution < -0.4 is 4.74 Å². The largest absolute Gasteiger partial charge is 0.466 e. The zero-order valence-electron chi connectivity index (χ0n) is 33.9. The molecule has 0 aliphatic carbocycles. The van der Waals surface area contributed by atoms with E-state index < -0.39 is 82.8 Å². The Hall–Kier alpha value is -4.45. The summed E-state index contributed by atoms with van der Waals surface area (Å²) in [6.07, 6.45) is -7.05. The molecule has 2 aromatic carbocycles. The lowest BCUT2D eigenvalue weighted by Crippen LogP contribution is -2.64. The van der Waals surface area contributed by atoms with Crippen LogP contribution in [0.4, 0.5) is 0 Å².